The second-order valence-corrected chi connectivity index (χ2v) is 4.45. The Kier molecular flexibility index (Phi) is 4.36. The molecule has 1 heterocycles. The molecular formula is C14H19N3O. The van der Waals surface area contributed by atoms with Crippen molar-refractivity contribution < 1.29 is 4.74 Å². The van der Waals surface area contributed by atoms with Crippen molar-refractivity contribution in [3.05, 3.63) is 42.7 Å². The SMILES string of the molecule is COCC(C)Cn1ccnc1Nc1ccccc1. The highest BCUT2D eigenvalue weighted by Gasteiger charge is 2.07. The molecule has 1 atom stereocenters. The molecule has 1 unspecified atom stereocenters. The van der Waals surface area contributed by atoms with Crippen LogP contribution < -0.4 is 5.32 Å². The van der Waals surface area contributed by atoms with E-state index in [4.69, 9.17) is 4.74 Å². The molecule has 1 aromatic carbocycles. The summed E-state index contributed by atoms with van der Waals surface area (Å²) in [4.78, 5) is 4.34. The zero-order valence-corrected chi connectivity index (χ0v) is 10.8. The van der Waals surface area contributed by atoms with Gasteiger partial charge in [0.1, 0.15) is 0 Å². The van der Waals surface area contributed by atoms with Crippen LogP contribution in [0.15, 0.2) is 42.7 Å². The Hall–Kier alpha value is -1.81. The molecule has 0 saturated heterocycles. The van der Waals surface area contributed by atoms with Crippen LogP contribution in [0.2, 0.25) is 0 Å². The fourth-order valence-corrected chi connectivity index (χ4v) is 1.90. The van der Waals surface area contributed by atoms with E-state index in [-0.39, 0.29) is 0 Å². The quantitative estimate of drug-likeness (QED) is 0.850. The summed E-state index contributed by atoms with van der Waals surface area (Å²) in [7, 11) is 1.73. The fraction of sp³-hybridized carbons (Fsp3) is 0.357. The zero-order chi connectivity index (χ0) is 12.8. The number of hydrogen-bond acceptors (Lipinski definition) is 3. The highest BCUT2D eigenvalue weighted by Crippen LogP contribution is 2.15. The van der Waals surface area contributed by atoms with Crippen molar-refractivity contribution in [1.82, 2.24) is 9.55 Å². The highest BCUT2D eigenvalue weighted by atomic mass is 16.5. The average molecular weight is 245 g/mol. The van der Waals surface area contributed by atoms with Crippen LogP contribution in [0.3, 0.4) is 0 Å². The summed E-state index contributed by atoms with van der Waals surface area (Å²) < 4.78 is 7.26. The number of imidazole rings is 1. The molecule has 0 bridgehead atoms. The molecule has 1 aromatic heterocycles. The molecule has 0 spiro atoms. The smallest absolute Gasteiger partial charge is 0.207 e. The van der Waals surface area contributed by atoms with Gasteiger partial charge in [-0.15, -0.1) is 0 Å². The van der Waals surface area contributed by atoms with E-state index in [1.54, 1.807) is 7.11 Å². The van der Waals surface area contributed by atoms with Crippen molar-refractivity contribution in [3.63, 3.8) is 0 Å². The molecule has 96 valence electrons. The molecule has 0 radical (unpaired) electrons. The summed E-state index contributed by atoms with van der Waals surface area (Å²) in [6.45, 7) is 3.81. The predicted molar refractivity (Wildman–Crippen MR) is 73.0 cm³/mol. The Labute approximate surface area is 108 Å². The number of nitrogens with zero attached hydrogens (tertiary/aromatic N) is 2. The summed E-state index contributed by atoms with van der Waals surface area (Å²) >= 11 is 0. The number of para-hydroxylation sites is 1. The lowest BCUT2D eigenvalue weighted by Gasteiger charge is -2.14. The molecule has 18 heavy (non-hydrogen) atoms. The zero-order valence-electron chi connectivity index (χ0n) is 10.8. The van der Waals surface area contributed by atoms with E-state index in [0.29, 0.717) is 5.92 Å². The van der Waals surface area contributed by atoms with Gasteiger partial charge >= 0.3 is 0 Å². The molecule has 2 aromatic rings. The predicted octanol–water partition coefficient (Wildman–Crippen LogP) is 2.91. The third-order valence-corrected chi connectivity index (χ3v) is 2.70. The normalized spacial score (nSPS) is 12.3. The van der Waals surface area contributed by atoms with Gasteiger partial charge in [-0.2, -0.15) is 0 Å². The summed E-state index contributed by atoms with van der Waals surface area (Å²) in [5.74, 6) is 1.32. The van der Waals surface area contributed by atoms with Gasteiger partial charge in [0, 0.05) is 31.7 Å². The minimum Gasteiger partial charge on any atom is -0.384 e. The third kappa shape index (κ3) is 3.34. The maximum absolute atomic E-state index is 5.16. The van der Waals surface area contributed by atoms with Crippen molar-refractivity contribution in [2.45, 2.75) is 13.5 Å². The standard InChI is InChI=1S/C14H19N3O/c1-12(11-18-2)10-17-9-8-15-14(17)16-13-6-4-3-5-7-13/h3-9,12H,10-11H2,1-2H3,(H,15,16). The Morgan fingerprint density at radius 1 is 1.33 bits per heavy atom. The molecule has 0 saturated carbocycles. The van der Waals surface area contributed by atoms with Crippen molar-refractivity contribution in [1.29, 1.82) is 0 Å². The first-order valence-corrected chi connectivity index (χ1v) is 6.11. The van der Waals surface area contributed by atoms with Crippen LogP contribution in [0.25, 0.3) is 0 Å². The van der Waals surface area contributed by atoms with Crippen molar-refractivity contribution in [2.24, 2.45) is 5.92 Å². The van der Waals surface area contributed by atoms with Crippen LogP contribution in [0.4, 0.5) is 11.6 Å². The molecule has 4 nitrogen and oxygen atoms in total. The summed E-state index contributed by atoms with van der Waals surface area (Å²) in [6, 6.07) is 10.1. The van der Waals surface area contributed by atoms with E-state index in [1.165, 1.54) is 0 Å². The van der Waals surface area contributed by atoms with Gasteiger partial charge in [-0.25, -0.2) is 4.98 Å². The minimum atomic E-state index is 0.459. The third-order valence-electron chi connectivity index (χ3n) is 2.70. The van der Waals surface area contributed by atoms with E-state index >= 15 is 0 Å². The van der Waals surface area contributed by atoms with Crippen LogP contribution in [0.1, 0.15) is 6.92 Å². The Morgan fingerprint density at radius 2 is 2.11 bits per heavy atom. The molecule has 1 N–H and O–H groups in total. The van der Waals surface area contributed by atoms with Gasteiger partial charge in [-0.05, 0) is 18.1 Å². The lowest BCUT2D eigenvalue weighted by atomic mass is 10.2. The second kappa shape index (κ2) is 6.21. The van der Waals surface area contributed by atoms with Gasteiger partial charge in [-0.3, -0.25) is 0 Å². The molecule has 0 amide bonds. The van der Waals surface area contributed by atoms with Crippen LogP contribution >= 0.6 is 0 Å². The first kappa shape index (κ1) is 12.6. The number of ether oxygens (including phenoxy) is 1. The van der Waals surface area contributed by atoms with Crippen LogP contribution in [0.5, 0.6) is 0 Å². The number of anilines is 2. The summed E-state index contributed by atoms with van der Waals surface area (Å²) in [6.07, 6.45) is 3.79. The van der Waals surface area contributed by atoms with Crippen LogP contribution in [-0.2, 0) is 11.3 Å². The van der Waals surface area contributed by atoms with Gasteiger partial charge in [0.2, 0.25) is 5.95 Å². The van der Waals surface area contributed by atoms with Gasteiger partial charge in [-0.1, -0.05) is 25.1 Å². The molecule has 4 heteroatoms. The monoisotopic (exact) mass is 245 g/mol. The van der Waals surface area contributed by atoms with Gasteiger partial charge in [0.15, 0.2) is 0 Å². The van der Waals surface area contributed by atoms with E-state index in [0.717, 1.165) is 24.8 Å². The maximum atomic E-state index is 5.16. The molecule has 0 fully saturated rings. The minimum absolute atomic E-state index is 0.459. The molecular weight excluding hydrogens is 226 g/mol. The van der Waals surface area contributed by atoms with Gasteiger partial charge in [0.25, 0.3) is 0 Å². The molecule has 0 aliphatic carbocycles. The molecule has 2 rings (SSSR count). The van der Waals surface area contributed by atoms with E-state index in [9.17, 15) is 0 Å². The highest BCUT2D eigenvalue weighted by molar-refractivity contribution is 5.52. The lowest BCUT2D eigenvalue weighted by Crippen LogP contribution is -2.13. The number of nitrogens with one attached hydrogen (secondary N) is 1. The number of aromatic nitrogens is 2. The topological polar surface area (TPSA) is 39.1 Å². The fourth-order valence-electron chi connectivity index (χ4n) is 1.90. The van der Waals surface area contributed by atoms with Gasteiger partial charge < -0.3 is 14.6 Å². The molecule has 0 aliphatic heterocycles. The number of rotatable bonds is 6. The van der Waals surface area contributed by atoms with E-state index in [1.807, 2.05) is 42.7 Å². The van der Waals surface area contributed by atoms with Crippen LogP contribution in [0, 0.1) is 5.92 Å². The van der Waals surface area contributed by atoms with Crippen molar-refractivity contribution in [3.8, 4) is 0 Å². The number of methoxy groups -OCH3 is 1. The summed E-state index contributed by atoms with van der Waals surface area (Å²) in [5.41, 5.74) is 1.05. The van der Waals surface area contributed by atoms with E-state index < -0.39 is 0 Å². The Balaban J connectivity index is 2.04. The first-order valence-electron chi connectivity index (χ1n) is 6.11. The van der Waals surface area contributed by atoms with Gasteiger partial charge in [0.05, 0.1) is 6.61 Å². The lowest BCUT2D eigenvalue weighted by molar-refractivity contribution is 0.151. The Bertz CT molecular complexity index is 467. The number of hydrogen-bond donors (Lipinski definition) is 1. The molecule has 0 aliphatic rings. The first-order chi connectivity index (χ1) is 8.79. The maximum Gasteiger partial charge on any atom is 0.207 e. The number of benzene rings is 1. The largest absolute Gasteiger partial charge is 0.384 e. The average Bonchev–Trinajstić information content (AvgIpc) is 2.78. The van der Waals surface area contributed by atoms with Crippen LogP contribution in [-0.4, -0.2) is 23.3 Å². The van der Waals surface area contributed by atoms with Crippen molar-refractivity contribution in [2.75, 3.05) is 19.0 Å². The van der Waals surface area contributed by atoms with Crippen molar-refractivity contribution >= 4 is 11.6 Å². The Morgan fingerprint density at radius 3 is 2.83 bits per heavy atom. The summed E-state index contributed by atoms with van der Waals surface area (Å²) in [5, 5.41) is 3.31. The second-order valence-electron chi connectivity index (χ2n) is 4.45. The van der Waals surface area contributed by atoms with E-state index in [2.05, 4.69) is 21.8 Å².